The van der Waals surface area contributed by atoms with Crippen LogP contribution >= 0.6 is 0 Å². The summed E-state index contributed by atoms with van der Waals surface area (Å²) in [6.07, 6.45) is -0.212. The topological polar surface area (TPSA) is 92.7 Å². The minimum absolute atomic E-state index is 0.109. The van der Waals surface area contributed by atoms with E-state index >= 15 is 0 Å². The molecule has 2 aromatic rings. The number of carboxylic acid groups (broad SMARTS) is 1. The second-order valence-electron chi connectivity index (χ2n) is 6.64. The summed E-state index contributed by atoms with van der Waals surface area (Å²) in [6, 6.07) is 15.2. The molecule has 2 aromatic carbocycles. The minimum atomic E-state index is -0.950. The lowest BCUT2D eigenvalue weighted by atomic mass is 9.96. The summed E-state index contributed by atoms with van der Waals surface area (Å²) >= 11 is 0. The number of rotatable bonds is 6. The van der Waals surface area contributed by atoms with E-state index in [1.54, 1.807) is 55.5 Å². The molecule has 1 unspecified atom stereocenters. The van der Waals surface area contributed by atoms with Gasteiger partial charge in [0.15, 0.2) is 5.78 Å². The van der Waals surface area contributed by atoms with Crippen LogP contribution in [0.25, 0.3) is 0 Å². The molecular weight excluding hydrogens is 346 g/mol. The van der Waals surface area contributed by atoms with Crippen LogP contribution in [0.4, 0.5) is 0 Å². The van der Waals surface area contributed by atoms with Crippen molar-refractivity contribution in [3.05, 3.63) is 71.3 Å². The molecule has 0 amide bonds. The van der Waals surface area contributed by atoms with Crippen LogP contribution in [0, 0.1) is 0 Å². The molecule has 1 fully saturated rings. The van der Waals surface area contributed by atoms with E-state index < -0.39 is 30.0 Å². The van der Waals surface area contributed by atoms with Crippen LogP contribution in [-0.4, -0.2) is 41.5 Å². The molecule has 0 spiro atoms. The Balaban J connectivity index is 1.68. The lowest BCUT2D eigenvalue weighted by Crippen LogP contribution is -2.30. The Kier molecular flexibility index (Phi) is 5.66. The smallest absolute Gasteiger partial charge is 0.320 e. The highest BCUT2D eigenvalue weighted by Gasteiger charge is 2.32. The van der Waals surface area contributed by atoms with Crippen LogP contribution in [0.5, 0.6) is 0 Å². The Labute approximate surface area is 157 Å². The number of ketones is 1. The lowest BCUT2D eigenvalue weighted by molar-refractivity contribution is -0.150. The first-order valence-corrected chi connectivity index (χ1v) is 8.82. The second kappa shape index (κ2) is 8.14. The first kappa shape index (κ1) is 18.8. The molecule has 1 aliphatic heterocycles. The normalized spacial score (nSPS) is 20.0. The molecule has 0 radical (unpaired) electrons. The van der Waals surface area contributed by atoms with Gasteiger partial charge in [-0.3, -0.25) is 14.4 Å². The van der Waals surface area contributed by atoms with Crippen molar-refractivity contribution in [3.8, 4) is 0 Å². The number of nitrogens with one attached hydrogen (secondary N) is 1. The van der Waals surface area contributed by atoms with E-state index in [1.165, 1.54) is 0 Å². The molecule has 1 heterocycles. The summed E-state index contributed by atoms with van der Waals surface area (Å²) in [4.78, 5) is 36.0. The van der Waals surface area contributed by atoms with Gasteiger partial charge >= 0.3 is 11.9 Å². The van der Waals surface area contributed by atoms with E-state index in [-0.39, 0.29) is 12.2 Å². The molecule has 0 aromatic heterocycles. The van der Waals surface area contributed by atoms with Crippen LogP contribution in [0.2, 0.25) is 0 Å². The predicted molar refractivity (Wildman–Crippen MR) is 98.7 cm³/mol. The summed E-state index contributed by atoms with van der Waals surface area (Å²) in [6.45, 7) is 2.04. The Morgan fingerprint density at radius 3 is 2.44 bits per heavy atom. The fraction of sp³-hybridized carbons (Fsp3) is 0.286. The molecule has 6 nitrogen and oxygen atoms in total. The number of hydrogen-bond acceptors (Lipinski definition) is 5. The number of carbonyl (C=O) groups excluding carboxylic acids is 2. The molecular formula is C21H21NO5. The Bertz CT molecular complexity index is 849. The Morgan fingerprint density at radius 2 is 1.78 bits per heavy atom. The van der Waals surface area contributed by atoms with E-state index in [1.807, 2.05) is 6.07 Å². The van der Waals surface area contributed by atoms with Crippen LogP contribution in [0.1, 0.15) is 40.7 Å². The van der Waals surface area contributed by atoms with Gasteiger partial charge in [-0.1, -0.05) is 48.5 Å². The van der Waals surface area contributed by atoms with Gasteiger partial charge in [0.25, 0.3) is 0 Å². The third kappa shape index (κ3) is 4.41. The average molecular weight is 367 g/mol. The number of carbonyl (C=O) groups is 3. The first-order valence-electron chi connectivity index (χ1n) is 8.82. The van der Waals surface area contributed by atoms with E-state index in [2.05, 4.69) is 5.32 Å². The van der Waals surface area contributed by atoms with Gasteiger partial charge in [0, 0.05) is 24.1 Å². The van der Waals surface area contributed by atoms with Crippen LogP contribution in [0.15, 0.2) is 54.6 Å². The molecule has 0 aliphatic carbocycles. The van der Waals surface area contributed by atoms with Crippen LogP contribution < -0.4 is 5.32 Å². The predicted octanol–water partition coefficient (Wildman–Crippen LogP) is 2.38. The van der Waals surface area contributed by atoms with Crippen molar-refractivity contribution in [3.63, 3.8) is 0 Å². The minimum Gasteiger partial charge on any atom is -0.480 e. The van der Waals surface area contributed by atoms with Gasteiger partial charge < -0.3 is 15.2 Å². The van der Waals surface area contributed by atoms with Gasteiger partial charge in [-0.2, -0.15) is 0 Å². The number of benzene rings is 2. The van der Waals surface area contributed by atoms with Crippen molar-refractivity contribution in [2.45, 2.75) is 31.4 Å². The van der Waals surface area contributed by atoms with Crippen molar-refractivity contribution >= 4 is 17.7 Å². The van der Waals surface area contributed by atoms with Gasteiger partial charge in [0.2, 0.25) is 0 Å². The van der Waals surface area contributed by atoms with Gasteiger partial charge in [0.05, 0.1) is 5.92 Å². The lowest BCUT2D eigenvalue weighted by Gasteiger charge is -2.16. The Hall–Kier alpha value is -2.99. The zero-order valence-corrected chi connectivity index (χ0v) is 14.9. The highest BCUT2D eigenvalue weighted by molar-refractivity contribution is 6.09. The third-order valence-corrected chi connectivity index (χ3v) is 4.71. The maximum atomic E-state index is 12.6. The molecule has 1 aliphatic rings. The number of carboxylic acids is 1. The fourth-order valence-electron chi connectivity index (χ4n) is 3.09. The molecule has 27 heavy (non-hydrogen) atoms. The first-order chi connectivity index (χ1) is 13.0. The third-order valence-electron chi connectivity index (χ3n) is 4.71. The summed E-state index contributed by atoms with van der Waals surface area (Å²) < 4.78 is 5.44. The maximum Gasteiger partial charge on any atom is 0.320 e. The van der Waals surface area contributed by atoms with Crippen LogP contribution in [-0.2, 0) is 14.3 Å². The zero-order valence-electron chi connectivity index (χ0n) is 14.9. The van der Waals surface area contributed by atoms with Gasteiger partial charge in [-0.25, -0.2) is 0 Å². The van der Waals surface area contributed by atoms with Gasteiger partial charge in [-0.05, 0) is 18.6 Å². The number of hydrogen-bond donors (Lipinski definition) is 2. The van der Waals surface area contributed by atoms with E-state index in [4.69, 9.17) is 9.84 Å². The summed E-state index contributed by atoms with van der Waals surface area (Å²) in [5.74, 6) is -2.05. The fourth-order valence-corrected chi connectivity index (χ4v) is 3.09. The number of aliphatic carboxylic acids is 1. The van der Waals surface area contributed by atoms with E-state index in [0.717, 1.165) is 0 Å². The molecule has 6 heteroatoms. The molecule has 3 rings (SSSR count). The molecule has 0 saturated carbocycles. The molecule has 0 bridgehead atoms. The zero-order chi connectivity index (χ0) is 19.4. The number of esters is 1. The van der Waals surface area contributed by atoms with Crippen molar-refractivity contribution in [2.75, 3.05) is 6.54 Å². The Morgan fingerprint density at radius 1 is 1.07 bits per heavy atom. The van der Waals surface area contributed by atoms with Crippen molar-refractivity contribution in [1.29, 1.82) is 0 Å². The largest absolute Gasteiger partial charge is 0.480 e. The molecule has 2 N–H and O–H groups in total. The highest BCUT2D eigenvalue weighted by Crippen LogP contribution is 2.22. The SMILES string of the molecule is C[C@H](C(=O)O[C@H]1CNC(C(=O)O)C1)c1cccc(C(=O)c2ccccc2)c1. The summed E-state index contributed by atoms with van der Waals surface area (Å²) in [5.41, 5.74) is 1.77. The molecule has 140 valence electrons. The summed E-state index contributed by atoms with van der Waals surface area (Å²) in [5, 5.41) is 11.8. The summed E-state index contributed by atoms with van der Waals surface area (Å²) in [7, 11) is 0. The van der Waals surface area contributed by atoms with Crippen molar-refractivity contribution in [1.82, 2.24) is 5.32 Å². The standard InChI is InChI=1S/C21H21NO5/c1-13(21(26)27-17-11-18(20(24)25)22-12-17)15-8-5-9-16(10-15)19(23)14-6-3-2-4-7-14/h2-10,13,17-18,22H,11-12H2,1H3,(H,24,25)/t13-,17+,18?/m0/s1. The average Bonchev–Trinajstić information content (AvgIpc) is 3.16. The monoisotopic (exact) mass is 367 g/mol. The van der Waals surface area contributed by atoms with Gasteiger partial charge in [0.1, 0.15) is 12.1 Å². The van der Waals surface area contributed by atoms with Crippen LogP contribution in [0.3, 0.4) is 0 Å². The van der Waals surface area contributed by atoms with E-state index in [0.29, 0.717) is 23.2 Å². The van der Waals surface area contributed by atoms with Gasteiger partial charge in [-0.15, -0.1) is 0 Å². The second-order valence-corrected chi connectivity index (χ2v) is 6.64. The molecule has 1 saturated heterocycles. The van der Waals surface area contributed by atoms with E-state index in [9.17, 15) is 14.4 Å². The van der Waals surface area contributed by atoms with Crippen molar-refractivity contribution in [2.24, 2.45) is 0 Å². The molecule has 3 atom stereocenters. The highest BCUT2D eigenvalue weighted by atomic mass is 16.5. The maximum absolute atomic E-state index is 12.6. The van der Waals surface area contributed by atoms with Crippen molar-refractivity contribution < 1.29 is 24.2 Å². The number of ether oxygens (including phenoxy) is 1. The quantitative estimate of drug-likeness (QED) is 0.602.